The summed E-state index contributed by atoms with van der Waals surface area (Å²) in [6, 6.07) is 7.88. The number of carboxylic acids is 1. The van der Waals surface area contributed by atoms with Crippen molar-refractivity contribution in [2.24, 2.45) is 0 Å². The van der Waals surface area contributed by atoms with Gasteiger partial charge in [-0.15, -0.1) is 0 Å². The van der Waals surface area contributed by atoms with Gasteiger partial charge < -0.3 is 10.0 Å². The maximum absolute atomic E-state index is 10.8. The molecule has 2 rings (SSSR count). The van der Waals surface area contributed by atoms with E-state index in [-0.39, 0.29) is 0 Å². The van der Waals surface area contributed by atoms with Crippen LogP contribution in [0.1, 0.15) is 49.4 Å². The molecule has 1 saturated carbocycles. The van der Waals surface area contributed by atoms with Gasteiger partial charge in [0.1, 0.15) is 0 Å². The van der Waals surface area contributed by atoms with Crippen LogP contribution in [0.3, 0.4) is 0 Å². The van der Waals surface area contributed by atoms with E-state index in [0.29, 0.717) is 11.6 Å². The molecule has 0 atom stereocenters. The first-order valence-electron chi connectivity index (χ1n) is 6.82. The average molecular weight is 247 g/mol. The van der Waals surface area contributed by atoms with Gasteiger partial charge in [0.2, 0.25) is 0 Å². The van der Waals surface area contributed by atoms with Crippen molar-refractivity contribution in [2.45, 2.75) is 45.1 Å². The zero-order chi connectivity index (χ0) is 13.0. The summed E-state index contributed by atoms with van der Waals surface area (Å²) in [5, 5.41) is 8.91. The highest BCUT2D eigenvalue weighted by Gasteiger charge is 2.20. The molecule has 0 aliphatic heterocycles. The zero-order valence-electron chi connectivity index (χ0n) is 10.9. The summed E-state index contributed by atoms with van der Waals surface area (Å²) in [5.41, 5.74) is 1.51. The first kappa shape index (κ1) is 12.9. The van der Waals surface area contributed by atoms with Crippen LogP contribution in [0, 0.1) is 0 Å². The minimum absolute atomic E-state index is 0.360. The number of aromatic carboxylic acids is 1. The van der Waals surface area contributed by atoms with Crippen molar-refractivity contribution in [3.05, 3.63) is 29.8 Å². The second-order valence-corrected chi connectivity index (χ2v) is 4.93. The van der Waals surface area contributed by atoms with E-state index < -0.39 is 5.97 Å². The predicted octanol–water partition coefficient (Wildman–Crippen LogP) is 3.54. The van der Waals surface area contributed by atoms with Gasteiger partial charge in [-0.2, -0.15) is 0 Å². The summed E-state index contributed by atoms with van der Waals surface area (Å²) in [6.45, 7) is 3.15. The molecular formula is C15H21NO2. The molecule has 1 aliphatic rings. The molecule has 0 unspecified atom stereocenters. The summed E-state index contributed by atoms with van der Waals surface area (Å²) in [6.07, 6.45) is 6.50. The van der Waals surface area contributed by atoms with Crippen LogP contribution in [-0.2, 0) is 0 Å². The van der Waals surface area contributed by atoms with E-state index in [2.05, 4.69) is 11.8 Å². The Morgan fingerprint density at radius 3 is 2.33 bits per heavy atom. The second kappa shape index (κ2) is 5.89. The van der Waals surface area contributed by atoms with E-state index in [0.717, 1.165) is 12.2 Å². The van der Waals surface area contributed by atoms with Crippen LogP contribution < -0.4 is 4.90 Å². The van der Waals surface area contributed by atoms with Crippen molar-refractivity contribution in [2.75, 3.05) is 11.4 Å². The summed E-state index contributed by atoms with van der Waals surface area (Å²) in [5.74, 6) is -0.859. The average Bonchev–Trinajstić information content (AvgIpc) is 2.41. The van der Waals surface area contributed by atoms with Gasteiger partial charge in [-0.1, -0.05) is 19.3 Å². The molecule has 0 heterocycles. The van der Waals surface area contributed by atoms with Gasteiger partial charge >= 0.3 is 5.97 Å². The molecule has 0 amide bonds. The third-order valence-corrected chi connectivity index (χ3v) is 3.80. The van der Waals surface area contributed by atoms with Crippen LogP contribution in [0.2, 0.25) is 0 Å². The molecule has 0 aromatic heterocycles. The number of nitrogens with zero attached hydrogens (tertiary/aromatic N) is 1. The normalized spacial score (nSPS) is 16.5. The molecule has 98 valence electrons. The van der Waals surface area contributed by atoms with Gasteiger partial charge in [-0.05, 0) is 44.0 Å². The molecule has 3 heteroatoms. The Balaban J connectivity index is 2.13. The molecule has 3 nitrogen and oxygen atoms in total. The van der Waals surface area contributed by atoms with Crippen LogP contribution in [-0.4, -0.2) is 23.7 Å². The molecule has 18 heavy (non-hydrogen) atoms. The van der Waals surface area contributed by atoms with Crippen LogP contribution >= 0.6 is 0 Å². The molecule has 1 fully saturated rings. The minimum atomic E-state index is -0.859. The number of hydrogen-bond donors (Lipinski definition) is 1. The fourth-order valence-corrected chi connectivity index (χ4v) is 2.84. The Morgan fingerprint density at radius 1 is 1.22 bits per heavy atom. The van der Waals surface area contributed by atoms with Crippen molar-refractivity contribution < 1.29 is 9.90 Å². The lowest BCUT2D eigenvalue weighted by molar-refractivity contribution is 0.0697. The largest absolute Gasteiger partial charge is 0.478 e. The Kier molecular flexibility index (Phi) is 4.24. The number of carbonyl (C=O) groups is 1. The lowest BCUT2D eigenvalue weighted by Crippen LogP contribution is -2.36. The Labute approximate surface area is 108 Å². The van der Waals surface area contributed by atoms with Gasteiger partial charge in [-0.3, -0.25) is 0 Å². The molecular weight excluding hydrogens is 226 g/mol. The van der Waals surface area contributed by atoms with E-state index in [1.807, 2.05) is 12.1 Å². The first-order chi connectivity index (χ1) is 8.72. The zero-order valence-corrected chi connectivity index (χ0v) is 10.9. The molecule has 0 spiro atoms. The second-order valence-electron chi connectivity index (χ2n) is 4.93. The first-order valence-corrected chi connectivity index (χ1v) is 6.82. The van der Waals surface area contributed by atoms with Crippen LogP contribution in [0.25, 0.3) is 0 Å². The smallest absolute Gasteiger partial charge is 0.335 e. The maximum atomic E-state index is 10.8. The molecule has 0 saturated heterocycles. The molecule has 1 aliphatic carbocycles. The monoisotopic (exact) mass is 247 g/mol. The molecule has 1 aromatic carbocycles. The fourth-order valence-electron chi connectivity index (χ4n) is 2.84. The summed E-state index contributed by atoms with van der Waals surface area (Å²) in [4.78, 5) is 13.2. The summed E-state index contributed by atoms with van der Waals surface area (Å²) >= 11 is 0. The number of benzene rings is 1. The van der Waals surface area contributed by atoms with Gasteiger partial charge in [0.05, 0.1) is 5.56 Å². The van der Waals surface area contributed by atoms with Crippen molar-refractivity contribution >= 4 is 11.7 Å². The van der Waals surface area contributed by atoms with E-state index in [1.165, 1.54) is 32.1 Å². The van der Waals surface area contributed by atoms with E-state index in [9.17, 15) is 4.79 Å². The third-order valence-electron chi connectivity index (χ3n) is 3.80. The van der Waals surface area contributed by atoms with Gasteiger partial charge in [0, 0.05) is 18.3 Å². The van der Waals surface area contributed by atoms with Crippen molar-refractivity contribution in [1.29, 1.82) is 0 Å². The predicted molar refractivity (Wildman–Crippen MR) is 73.3 cm³/mol. The Morgan fingerprint density at radius 2 is 1.83 bits per heavy atom. The quantitative estimate of drug-likeness (QED) is 0.884. The van der Waals surface area contributed by atoms with Gasteiger partial charge in [-0.25, -0.2) is 4.79 Å². The summed E-state index contributed by atoms with van der Waals surface area (Å²) in [7, 11) is 0. The lowest BCUT2D eigenvalue weighted by atomic mass is 9.93. The number of carboxylic acid groups (broad SMARTS) is 1. The van der Waals surface area contributed by atoms with E-state index >= 15 is 0 Å². The van der Waals surface area contributed by atoms with Crippen LogP contribution in [0.5, 0.6) is 0 Å². The highest BCUT2D eigenvalue weighted by Crippen LogP contribution is 2.27. The highest BCUT2D eigenvalue weighted by atomic mass is 16.4. The molecule has 0 radical (unpaired) electrons. The van der Waals surface area contributed by atoms with E-state index in [4.69, 9.17) is 5.11 Å². The number of rotatable bonds is 4. The standard InChI is InChI=1S/C15H21NO2/c1-2-16(13-6-4-3-5-7-13)14-10-8-12(9-11-14)15(17)18/h8-11,13H,2-7H2,1H3,(H,17,18). The number of anilines is 1. The maximum Gasteiger partial charge on any atom is 0.335 e. The van der Waals surface area contributed by atoms with Gasteiger partial charge in [0.15, 0.2) is 0 Å². The van der Waals surface area contributed by atoms with Crippen molar-refractivity contribution in [3.63, 3.8) is 0 Å². The van der Waals surface area contributed by atoms with Gasteiger partial charge in [0.25, 0.3) is 0 Å². The topological polar surface area (TPSA) is 40.5 Å². The highest BCUT2D eigenvalue weighted by molar-refractivity contribution is 5.88. The minimum Gasteiger partial charge on any atom is -0.478 e. The van der Waals surface area contributed by atoms with Crippen LogP contribution in [0.4, 0.5) is 5.69 Å². The Hall–Kier alpha value is -1.51. The molecule has 0 bridgehead atoms. The lowest BCUT2D eigenvalue weighted by Gasteiger charge is -2.35. The summed E-state index contributed by atoms with van der Waals surface area (Å²) < 4.78 is 0. The van der Waals surface area contributed by atoms with E-state index in [1.54, 1.807) is 12.1 Å². The third kappa shape index (κ3) is 2.84. The van der Waals surface area contributed by atoms with Crippen molar-refractivity contribution in [3.8, 4) is 0 Å². The van der Waals surface area contributed by atoms with Crippen LogP contribution in [0.15, 0.2) is 24.3 Å². The molecule has 1 aromatic rings. The SMILES string of the molecule is CCN(c1ccc(C(=O)O)cc1)C1CCCCC1. The fraction of sp³-hybridized carbons (Fsp3) is 0.533. The molecule has 1 N–H and O–H groups in total. The van der Waals surface area contributed by atoms with Crippen molar-refractivity contribution in [1.82, 2.24) is 0 Å². The Bertz CT molecular complexity index is 393. The number of hydrogen-bond acceptors (Lipinski definition) is 2.